The number of nitrogens with zero attached hydrogens (tertiary/aromatic N) is 2. The summed E-state index contributed by atoms with van der Waals surface area (Å²) in [7, 11) is 0. The van der Waals surface area contributed by atoms with Gasteiger partial charge in [0.05, 0.1) is 36.2 Å². The number of nitrogen functional groups attached to an aromatic ring is 1. The largest absolute Gasteiger partial charge is 0.394 e. The molecule has 1 amide bonds. The van der Waals surface area contributed by atoms with E-state index in [1.165, 1.54) is 12.1 Å². The third kappa shape index (κ3) is 5.53. The van der Waals surface area contributed by atoms with Gasteiger partial charge in [-0.3, -0.25) is 4.79 Å². The van der Waals surface area contributed by atoms with Gasteiger partial charge >= 0.3 is 0 Å². The van der Waals surface area contributed by atoms with Gasteiger partial charge in [0.15, 0.2) is 0 Å². The number of hydrogen-bond acceptors (Lipinski definition) is 6. The van der Waals surface area contributed by atoms with Crippen LogP contribution in [0.3, 0.4) is 0 Å². The zero-order valence-corrected chi connectivity index (χ0v) is 20.6. The minimum Gasteiger partial charge on any atom is -0.394 e. The van der Waals surface area contributed by atoms with Crippen LogP contribution in [0.25, 0.3) is 11.3 Å². The summed E-state index contributed by atoms with van der Waals surface area (Å²) in [6, 6.07) is 10.9. The third-order valence-corrected chi connectivity index (χ3v) is 6.83. The Kier molecular flexibility index (Phi) is 7.74. The lowest BCUT2D eigenvalue weighted by molar-refractivity contribution is 0.0912. The Balaban J connectivity index is 1.55. The molecule has 1 atom stereocenters. The normalized spacial score (nSPS) is 18.9. The molecule has 9 heteroatoms. The minimum atomic E-state index is -0.721. The fraction of sp³-hybridized carbons (Fsp3) is 0.320. The number of aliphatic hydroxyl groups excluding tert-OH is 2. The molecule has 7 nitrogen and oxygen atoms in total. The van der Waals surface area contributed by atoms with Crippen LogP contribution in [-0.2, 0) is 0 Å². The van der Waals surface area contributed by atoms with Crippen molar-refractivity contribution in [1.82, 2.24) is 15.3 Å². The lowest BCUT2D eigenvalue weighted by atomic mass is 9.85. The second-order valence-corrected chi connectivity index (χ2v) is 9.74. The van der Waals surface area contributed by atoms with E-state index in [1.54, 1.807) is 18.3 Å². The van der Waals surface area contributed by atoms with Crippen molar-refractivity contribution in [1.29, 1.82) is 0 Å². The molecular formula is C25H26FIN4O3. The Labute approximate surface area is 210 Å². The summed E-state index contributed by atoms with van der Waals surface area (Å²) in [6.07, 6.45) is 4.39. The molecule has 0 saturated heterocycles. The molecule has 0 radical (unpaired) electrons. The van der Waals surface area contributed by atoms with E-state index in [0.29, 0.717) is 24.1 Å². The predicted octanol–water partition coefficient (Wildman–Crippen LogP) is 3.95. The van der Waals surface area contributed by atoms with Gasteiger partial charge < -0.3 is 21.3 Å². The highest BCUT2D eigenvalue weighted by Gasteiger charge is 2.24. The Bertz CT molecular complexity index is 1180. The summed E-state index contributed by atoms with van der Waals surface area (Å²) in [5.41, 5.74) is 8.18. The van der Waals surface area contributed by atoms with Gasteiger partial charge in [0, 0.05) is 15.1 Å². The van der Waals surface area contributed by atoms with Crippen molar-refractivity contribution in [3.63, 3.8) is 0 Å². The fourth-order valence-corrected chi connectivity index (χ4v) is 4.80. The zero-order valence-electron chi connectivity index (χ0n) is 18.4. The van der Waals surface area contributed by atoms with Crippen molar-refractivity contribution < 1.29 is 19.4 Å². The van der Waals surface area contributed by atoms with Gasteiger partial charge in [-0.05, 0) is 78.1 Å². The highest BCUT2D eigenvalue weighted by Crippen LogP contribution is 2.34. The summed E-state index contributed by atoms with van der Waals surface area (Å²) in [6.45, 7) is -0.317. The Morgan fingerprint density at radius 3 is 2.65 bits per heavy atom. The molecule has 1 fully saturated rings. The fourth-order valence-electron chi connectivity index (χ4n) is 4.23. The summed E-state index contributed by atoms with van der Waals surface area (Å²) < 4.78 is 16.0. The number of aromatic nitrogens is 2. The van der Waals surface area contributed by atoms with Gasteiger partial charge in [-0.1, -0.05) is 18.2 Å². The molecule has 5 N–H and O–H groups in total. The highest BCUT2D eigenvalue weighted by molar-refractivity contribution is 14.1. The number of anilines is 1. The van der Waals surface area contributed by atoms with Crippen LogP contribution < -0.4 is 11.1 Å². The second-order valence-electron chi connectivity index (χ2n) is 8.49. The number of benzene rings is 2. The number of aliphatic hydroxyl groups is 2. The molecule has 1 heterocycles. The molecule has 1 aromatic heterocycles. The molecule has 4 rings (SSSR count). The molecule has 3 aromatic rings. The molecule has 2 aromatic carbocycles. The Morgan fingerprint density at radius 2 is 1.97 bits per heavy atom. The van der Waals surface area contributed by atoms with Gasteiger partial charge in [-0.2, -0.15) is 0 Å². The number of nitrogens with one attached hydrogen (secondary N) is 1. The van der Waals surface area contributed by atoms with Crippen LogP contribution in [0.5, 0.6) is 0 Å². The van der Waals surface area contributed by atoms with Crippen molar-refractivity contribution in [3.05, 3.63) is 74.9 Å². The Morgan fingerprint density at radius 1 is 1.21 bits per heavy atom. The van der Waals surface area contributed by atoms with Gasteiger partial charge in [0.1, 0.15) is 17.3 Å². The molecule has 1 saturated carbocycles. The van der Waals surface area contributed by atoms with E-state index in [0.717, 1.165) is 27.7 Å². The van der Waals surface area contributed by atoms with Crippen molar-refractivity contribution in [2.24, 2.45) is 0 Å². The van der Waals surface area contributed by atoms with E-state index in [4.69, 9.17) is 5.73 Å². The number of carbonyl (C=O) groups is 1. The number of rotatable bonds is 6. The number of nitrogens with two attached hydrogens (primary N) is 1. The molecule has 0 spiro atoms. The monoisotopic (exact) mass is 576 g/mol. The van der Waals surface area contributed by atoms with Crippen LogP contribution >= 0.6 is 22.6 Å². The van der Waals surface area contributed by atoms with E-state index in [9.17, 15) is 19.4 Å². The van der Waals surface area contributed by atoms with E-state index in [1.807, 2.05) is 18.2 Å². The molecular weight excluding hydrogens is 550 g/mol. The molecule has 178 valence electrons. The van der Waals surface area contributed by atoms with Crippen LogP contribution in [0.4, 0.5) is 10.2 Å². The lowest BCUT2D eigenvalue weighted by Gasteiger charge is -2.25. The maximum atomic E-state index is 15.0. The predicted molar refractivity (Wildman–Crippen MR) is 136 cm³/mol. The SMILES string of the molecule is Nc1ncc([C@H]2CC[C@H](O)CC2)nc1-c1ccc(C(=O)N[C@H](CO)c2cccc(I)c2)c(F)c1. The summed E-state index contributed by atoms with van der Waals surface area (Å²) in [4.78, 5) is 21.7. The molecule has 0 unspecified atom stereocenters. The first kappa shape index (κ1) is 24.5. The van der Waals surface area contributed by atoms with Crippen LogP contribution in [-0.4, -0.2) is 38.8 Å². The average Bonchev–Trinajstić information content (AvgIpc) is 2.83. The summed E-state index contributed by atoms with van der Waals surface area (Å²) in [5.74, 6) is -1.01. The van der Waals surface area contributed by atoms with Crippen molar-refractivity contribution in [2.45, 2.75) is 43.7 Å². The van der Waals surface area contributed by atoms with Gasteiger partial charge in [0.2, 0.25) is 0 Å². The van der Waals surface area contributed by atoms with E-state index in [2.05, 4.69) is 37.9 Å². The highest BCUT2D eigenvalue weighted by atomic mass is 127. The van der Waals surface area contributed by atoms with Crippen molar-refractivity contribution >= 4 is 34.3 Å². The first-order chi connectivity index (χ1) is 16.4. The van der Waals surface area contributed by atoms with E-state index in [-0.39, 0.29) is 30.0 Å². The van der Waals surface area contributed by atoms with Crippen molar-refractivity contribution in [3.8, 4) is 11.3 Å². The van der Waals surface area contributed by atoms with Gasteiger partial charge in [-0.15, -0.1) is 0 Å². The van der Waals surface area contributed by atoms with Gasteiger partial charge in [0.25, 0.3) is 5.91 Å². The zero-order chi connectivity index (χ0) is 24.2. The number of hydrogen-bond donors (Lipinski definition) is 4. The molecule has 1 aliphatic rings. The quantitative estimate of drug-likeness (QED) is 0.330. The topological polar surface area (TPSA) is 121 Å². The minimum absolute atomic E-state index is 0.142. The van der Waals surface area contributed by atoms with Crippen LogP contribution in [0.1, 0.15) is 59.3 Å². The average molecular weight is 576 g/mol. The number of carbonyl (C=O) groups excluding carboxylic acids is 1. The number of amides is 1. The first-order valence-electron chi connectivity index (χ1n) is 11.1. The van der Waals surface area contributed by atoms with Crippen LogP contribution in [0.15, 0.2) is 48.7 Å². The summed E-state index contributed by atoms with van der Waals surface area (Å²) in [5, 5.41) is 22.2. The van der Waals surface area contributed by atoms with Crippen LogP contribution in [0.2, 0.25) is 0 Å². The molecule has 0 aliphatic heterocycles. The summed E-state index contributed by atoms with van der Waals surface area (Å²) >= 11 is 2.15. The van der Waals surface area contributed by atoms with E-state index >= 15 is 0 Å². The third-order valence-electron chi connectivity index (χ3n) is 6.16. The smallest absolute Gasteiger partial charge is 0.254 e. The maximum absolute atomic E-state index is 15.0. The first-order valence-corrected chi connectivity index (χ1v) is 12.2. The second kappa shape index (κ2) is 10.7. The number of halogens is 2. The van der Waals surface area contributed by atoms with Crippen molar-refractivity contribution in [2.75, 3.05) is 12.3 Å². The van der Waals surface area contributed by atoms with Crippen LogP contribution in [0, 0.1) is 9.39 Å². The van der Waals surface area contributed by atoms with Gasteiger partial charge in [-0.25, -0.2) is 14.4 Å². The standard InChI is InChI=1S/C25H26FIN4O3/c26-20-11-16(23-24(28)29-12-21(30-23)14-4-7-18(33)8-5-14)6-9-19(20)25(34)31-22(13-32)15-2-1-3-17(27)10-15/h1-3,6,9-12,14,18,22,32-33H,4-5,7-8,13H2,(H2,28,29)(H,31,34)/t14-,18-,22-/m1/s1. The maximum Gasteiger partial charge on any atom is 0.254 e. The molecule has 34 heavy (non-hydrogen) atoms. The lowest BCUT2D eigenvalue weighted by Crippen LogP contribution is -2.31. The molecule has 1 aliphatic carbocycles. The Hall–Kier alpha value is -2.63. The van der Waals surface area contributed by atoms with E-state index < -0.39 is 17.8 Å². The molecule has 0 bridgehead atoms.